The SMILES string of the molecule is Cl.NC1CCN(c2cc3c(cc2F)CC(C(=O)O)=CN3C2CC2)C1. The fourth-order valence-corrected chi connectivity index (χ4v) is 3.50. The second kappa shape index (κ2) is 6.26. The first kappa shape index (κ1) is 17.0. The van der Waals surface area contributed by atoms with E-state index in [0.29, 0.717) is 23.8 Å². The zero-order chi connectivity index (χ0) is 16.1. The van der Waals surface area contributed by atoms with E-state index in [1.54, 1.807) is 6.20 Å². The second-order valence-corrected chi connectivity index (χ2v) is 6.70. The number of aliphatic carboxylic acids is 1. The third kappa shape index (κ3) is 2.96. The van der Waals surface area contributed by atoms with Crippen molar-refractivity contribution >= 4 is 29.8 Å². The van der Waals surface area contributed by atoms with Crippen molar-refractivity contribution in [1.82, 2.24) is 0 Å². The third-order valence-electron chi connectivity index (χ3n) is 4.88. The van der Waals surface area contributed by atoms with Gasteiger partial charge >= 0.3 is 5.97 Å². The van der Waals surface area contributed by atoms with Gasteiger partial charge in [0.15, 0.2) is 0 Å². The van der Waals surface area contributed by atoms with Crippen molar-refractivity contribution in [3.05, 3.63) is 35.3 Å². The molecular weight excluding hydrogens is 333 g/mol. The van der Waals surface area contributed by atoms with E-state index in [-0.39, 0.29) is 30.7 Å². The Balaban J connectivity index is 0.00000169. The Labute approximate surface area is 146 Å². The first-order valence-electron chi connectivity index (χ1n) is 8.08. The molecular formula is C17H21ClFN3O2. The maximum Gasteiger partial charge on any atom is 0.333 e. The lowest BCUT2D eigenvalue weighted by atomic mass is 9.98. The fraction of sp³-hybridized carbons (Fsp3) is 0.471. The van der Waals surface area contributed by atoms with Crippen molar-refractivity contribution in [2.75, 3.05) is 22.9 Å². The molecule has 130 valence electrons. The Hall–Kier alpha value is -1.79. The minimum atomic E-state index is -0.934. The molecule has 2 aliphatic heterocycles. The van der Waals surface area contributed by atoms with Gasteiger partial charge < -0.3 is 20.6 Å². The minimum absolute atomic E-state index is 0. The molecule has 2 fully saturated rings. The average molecular weight is 354 g/mol. The van der Waals surface area contributed by atoms with E-state index < -0.39 is 5.97 Å². The van der Waals surface area contributed by atoms with Crippen LogP contribution in [0.2, 0.25) is 0 Å². The van der Waals surface area contributed by atoms with Crippen molar-refractivity contribution in [2.24, 2.45) is 5.73 Å². The summed E-state index contributed by atoms with van der Waals surface area (Å²) in [5, 5.41) is 9.30. The molecule has 0 aromatic heterocycles. The second-order valence-electron chi connectivity index (χ2n) is 6.70. The number of carboxylic acids is 1. The smallest absolute Gasteiger partial charge is 0.333 e. The van der Waals surface area contributed by atoms with Gasteiger partial charge in [-0.15, -0.1) is 12.4 Å². The van der Waals surface area contributed by atoms with Crippen LogP contribution in [-0.2, 0) is 11.2 Å². The van der Waals surface area contributed by atoms with E-state index in [2.05, 4.69) is 0 Å². The molecule has 1 aromatic carbocycles. The van der Waals surface area contributed by atoms with Crippen LogP contribution < -0.4 is 15.5 Å². The number of fused-ring (bicyclic) bond motifs is 1. The quantitative estimate of drug-likeness (QED) is 0.872. The van der Waals surface area contributed by atoms with E-state index in [0.717, 1.165) is 37.1 Å². The molecule has 1 saturated heterocycles. The fourth-order valence-electron chi connectivity index (χ4n) is 3.50. The molecule has 1 saturated carbocycles. The van der Waals surface area contributed by atoms with Gasteiger partial charge in [-0.05, 0) is 37.0 Å². The standard InChI is InChI=1S/C17H20FN3O2.ClH/c18-14-6-10-5-11(17(22)23)8-21(13-1-2-13)15(10)7-16(14)20-4-3-12(19)9-20;/h6-8,12-13H,1-5,9,19H2,(H,22,23);1H. The molecule has 1 aliphatic carbocycles. The summed E-state index contributed by atoms with van der Waals surface area (Å²) in [5.74, 6) is -1.23. The summed E-state index contributed by atoms with van der Waals surface area (Å²) < 4.78 is 14.6. The zero-order valence-electron chi connectivity index (χ0n) is 13.2. The van der Waals surface area contributed by atoms with Gasteiger partial charge in [0.25, 0.3) is 0 Å². The predicted octanol–water partition coefficient (Wildman–Crippen LogP) is 2.28. The number of hydrogen-bond donors (Lipinski definition) is 2. The summed E-state index contributed by atoms with van der Waals surface area (Å²) in [6, 6.07) is 3.79. The predicted molar refractivity (Wildman–Crippen MR) is 93.4 cm³/mol. The molecule has 1 aromatic rings. The Bertz CT molecular complexity index is 705. The van der Waals surface area contributed by atoms with Crippen molar-refractivity contribution < 1.29 is 14.3 Å². The first-order valence-corrected chi connectivity index (χ1v) is 8.08. The van der Waals surface area contributed by atoms with Gasteiger partial charge in [-0.1, -0.05) is 0 Å². The molecule has 0 amide bonds. The van der Waals surface area contributed by atoms with Crippen LogP contribution in [0.25, 0.3) is 0 Å². The molecule has 0 spiro atoms. The van der Waals surface area contributed by atoms with Gasteiger partial charge in [0, 0.05) is 43.5 Å². The number of carbonyl (C=O) groups is 1. The van der Waals surface area contributed by atoms with Gasteiger partial charge in [-0.25, -0.2) is 9.18 Å². The van der Waals surface area contributed by atoms with Crippen LogP contribution in [0, 0.1) is 5.82 Å². The van der Waals surface area contributed by atoms with E-state index in [1.807, 2.05) is 15.9 Å². The molecule has 3 aliphatic rings. The maximum absolute atomic E-state index is 14.6. The Morgan fingerprint density at radius 1 is 1.25 bits per heavy atom. The Morgan fingerprint density at radius 2 is 2.00 bits per heavy atom. The van der Waals surface area contributed by atoms with Crippen molar-refractivity contribution in [1.29, 1.82) is 0 Å². The normalized spacial score (nSPS) is 22.8. The molecule has 5 nitrogen and oxygen atoms in total. The topological polar surface area (TPSA) is 69.8 Å². The Morgan fingerprint density at radius 3 is 2.58 bits per heavy atom. The number of nitrogens with zero attached hydrogens (tertiary/aromatic N) is 2. The zero-order valence-corrected chi connectivity index (χ0v) is 14.1. The molecule has 1 unspecified atom stereocenters. The van der Waals surface area contributed by atoms with Crippen LogP contribution >= 0.6 is 12.4 Å². The summed E-state index contributed by atoms with van der Waals surface area (Å²) in [5.41, 5.74) is 8.53. The Kier molecular flexibility index (Phi) is 4.44. The highest BCUT2D eigenvalue weighted by atomic mass is 35.5. The van der Waals surface area contributed by atoms with E-state index >= 15 is 0 Å². The monoisotopic (exact) mass is 353 g/mol. The summed E-state index contributed by atoms with van der Waals surface area (Å²) in [7, 11) is 0. The number of carboxylic acid groups (broad SMARTS) is 1. The van der Waals surface area contributed by atoms with Crippen molar-refractivity contribution in [3.8, 4) is 0 Å². The maximum atomic E-state index is 14.6. The number of benzene rings is 1. The number of halogens is 2. The summed E-state index contributed by atoms with van der Waals surface area (Å²) in [6.45, 7) is 1.42. The summed E-state index contributed by atoms with van der Waals surface area (Å²) in [6.07, 6.45) is 4.95. The highest BCUT2D eigenvalue weighted by molar-refractivity contribution is 5.90. The van der Waals surface area contributed by atoms with Crippen LogP contribution in [0.3, 0.4) is 0 Å². The van der Waals surface area contributed by atoms with Crippen molar-refractivity contribution in [2.45, 2.75) is 37.8 Å². The van der Waals surface area contributed by atoms with Crippen LogP contribution in [0.15, 0.2) is 23.9 Å². The van der Waals surface area contributed by atoms with Crippen molar-refractivity contribution in [3.63, 3.8) is 0 Å². The minimum Gasteiger partial charge on any atom is -0.478 e. The molecule has 0 radical (unpaired) electrons. The largest absolute Gasteiger partial charge is 0.478 e. The van der Waals surface area contributed by atoms with Gasteiger partial charge in [0.2, 0.25) is 0 Å². The van der Waals surface area contributed by atoms with Crippen LogP contribution in [-0.4, -0.2) is 36.2 Å². The summed E-state index contributed by atoms with van der Waals surface area (Å²) >= 11 is 0. The average Bonchev–Trinajstić information content (AvgIpc) is 3.27. The molecule has 24 heavy (non-hydrogen) atoms. The van der Waals surface area contributed by atoms with Crippen LogP contribution in [0.4, 0.5) is 15.8 Å². The van der Waals surface area contributed by atoms with E-state index in [4.69, 9.17) is 5.73 Å². The lowest BCUT2D eigenvalue weighted by molar-refractivity contribution is -0.132. The number of anilines is 2. The molecule has 2 heterocycles. The first-order chi connectivity index (χ1) is 11.0. The number of hydrogen-bond acceptors (Lipinski definition) is 4. The molecule has 3 N–H and O–H groups in total. The molecule has 1 atom stereocenters. The highest BCUT2D eigenvalue weighted by Crippen LogP contribution is 2.41. The number of nitrogens with two attached hydrogens (primary N) is 1. The van der Waals surface area contributed by atoms with Gasteiger partial charge in [0.05, 0.1) is 11.3 Å². The number of rotatable bonds is 3. The van der Waals surface area contributed by atoms with Gasteiger partial charge in [-0.2, -0.15) is 0 Å². The van der Waals surface area contributed by atoms with Gasteiger partial charge in [-0.3, -0.25) is 0 Å². The van der Waals surface area contributed by atoms with Crippen LogP contribution in [0.5, 0.6) is 0 Å². The lowest BCUT2D eigenvalue weighted by Crippen LogP contribution is -2.29. The van der Waals surface area contributed by atoms with Gasteiger partial charge in [0.1, 0.15) is 5.82 Å². The molecule has 7 heteroatoms. The van der Waals surface area contributed by atoms with E-state index in [1.165, 1.54) is 6.07 Å². The molecule has 4 rings (SSSR count). The highest BCUT2D eigenvalue weighted by Gasteiger charge is 2.34. The summed E-state index contributed by atoms with van der Waals surface area (Å²) in [4.78, 5) is 15.3. The van der Waals surface area contributed by atoms with Crippen LogP contribution in [0.1, 0.15) is 24.8 Å². The molecule has 0 bridgehead atoms. The third-order valence-corrected chi connectivity index (χ3v) is 4.88. The van der Waals surface area contributed by atoms with E-state index in [9.17, 15) is 14.3 Å². The lowest BCUT2D eigenvalue weighted by Gasteiger charge is -2.30.